The zero-order valence-electron chi connectivity index (χ0n) is 74.1. The van der Waals surface area contributed by atoms with Crippen molar-refractivity contribution in [1.82, 2.24) is 45.5 Å². The molecule has 0 atom stereocenters. The van der Waals surface area contributed by atoms with Gasteiger partial charge < -0.3 is 82.4 Å². The number of nitrogens with one attached hydrogen (secondary N) is 7. The number of ether oxygens (including phenoxy) is 5. The molecule has 8 N–H and O–H groups in total. The molecule has 0 aliphatic carbocycles. The van der Waals surface area contributed by atoms with Crippen LogP contribution in [0.2, 0.25) is 0 Å². The van der Waals surface area contributed by atoms with Crippen molar-refractivity contribution in [2.75, 3.05) is 122 Å². The number of aromatic nitrogens is 4. The topological polar surface area (TPSA) is 407 Å². The van der Waals surface area contributed by atoms with Crippen LogP contribution in [-0.4, -0.2) is 189 Å². The third-order valence-electron chi connectivity index (χ3n) is 17.7. The first-order chi connectivity index (χ1) is 54.9. The van der Waals surface area contributed by atoms with Crippen LogP contribution in [0.4, 0.5) is 69.2 Å². The fourth-order valence-corrected chi connectivity index (χ4v) is 9.83. The highest BCUT2D eigenvalue weighted by atomic mass is 16.6. The van der Waals surface area contributed by atoms with Gasteiger partial charge in [-0.3, -0.25) is 35.8 Å². The number of urea groups is 4. The molecule has 0 spiro atoms. The number of benzene rings is 4. The van der Waals surface area contributed by atoms with Crippen LogP contribution >= 0.6 is 0 Å². The van der Waals surface area contributed by atoms with Gasteiger partial charge in [0.15, 0.2) is 11.6 Å². The Balaban J connectivity index is 0.000000369. The Morgan fingerprint density at radius 3 is 1.03 bits per heavy atom. The van der Waals surface area contributed by atoms with E-state index in [1.807, 2.05) is 83.1 Å². The summed E-state index contributed by atoms with van der Waals surface area (Å²) in [5.74, 6) is 4.32. The fraction of sp³-hybridized carbons (Fsp3) is 0.476. The smallest absolute Gasteiger partial charge is 0.413 e. The monoisotopic (exact) mass is 1640 g/mol. The summed E-state index contributed by atoms with van der Waals surface area (Å²) in [6.07, 6.45) is 2.17. The molecule has 0 bridgehead atoms. The van der Waals surface area contributed by atoms with Gasteiger partial charge in [0.2, 0.25) is 11.8 Å². The van der Waals surface area contributed by atoms with Gasteiger partial charge in [-0.05, 0) is 122 Å². The van der Waals surface area contributed by atoms with Gasteiger partial charge in [-0.25, -0.2) is 28.8 Å². The third kappa shape index (κ3) is 31.3. The highest BCUT2D eigenvalue weighted by Crippen LogP contribution is 2.37. The van der Waals surface area contributed by atoms with E-state index in [0.29, 0.717) is 80.3 Å². The van der Waals surface area contributed by atoms with E-state index in [-0.39, 0.29) is 63.1 Å². The van der Waals surface area contributed by atoms with Gasteiger partial charge >= 0.3 is 36.3 Å². The van der Waals surface area contributed by atoms with Gasteiger partial charge in [0, 0.05) is 137 Å². The third-order valence-corrected chi connectivity index (χ3v) is 17.7. The highest BCUT2D eigenvalue weighted by Gasteiger charge is 2.32. The van der Waals surface area contributed by atoms with Gasteiger partial charge in [0.1, 0.15) is 51.4 Å². The summed E-state index contributed by atoms with van der Waals surface area (Å²) >= 11 is 0. The molecule has 118 heavy (non-hydrogen) atoms. The number of amides is 12. The first kappa shape index (κ1) is 99.7. The maximum absolute atomic E-state index is 12.6. The first-order valence-electron chi connectivity index (χ1n) is 38.0. The second kappa shape index (κ2) is 44.5. The Morgan fingerprint density at radius 2 is 0.737 bits per heavy atom. The lowest BCUT2D eigenvalue weighted by molar-refractivity contribution is 0.100. The number of rotatable bonds is 20. The van der Waals surface area contributed by atoms with Crippen molar-refractivity contribution in [3.05, 3.63) is 143 Å². The second-order valence-corrected chi connectivity index (χ2v) is 32.3. The van der Waals surface area contributed by atoms with Crippen LogP contribution in [0, 0.1) is 0 Å². The maximum Gasteiger partial charge on any atom is 0.413 e. The van der Waals surface area contributed by atoms with Gasteiger partial charge in [0.25, 0.3) is 11.8 Å². The lowest BCUT2D eigenvalue weighted by Crippen LogP contribution is -2.45. The maximum atomic E-state index is 12.6. The summed E-state index contributed by atoms with van der Waals surface area (Å²) < 4.78 is 47.0. The number of carbonyl (C=O) groups excluding carboxylic acids is 7. The van der Waals surface area contributed by atoms with E-state index in [9.17, 15) is 43.5 Å². The van der Waals surface area contributed by atoms with E-state index >= 15 is 0 Å². The molecule has 34 heteroatoms. The predicted octanol–water partition coefficient (Wildman–Crippen LogP) is 17.9. The minimum absolute atomic E-state index is 0.0748. The molecule has 0 radical (unpaired) electrons. The van der Waals surface area contributed by atoms with Crippen LogP contribution in [0.1, 0.15) is 194 Å². The molecule has 0 aliphatic rings. The lowest BCUT2D eigenvalue weighted by atomic mass is 9.81. The Labute approximate surface area is 693 Å². The van der Waals surface area contributed by atoms with E-state index < -0.39 is 17.7 Å². The van der Waals surface area contributed by atoms with E-state index in [1.165, 1.54) is 52.9 Å². The summed E-state index contributed by atoms with van der Waals surface area (Å²) in [7, 11) is 19.3. The van der Waals surface area contributed by atoms with E-state index in [1.54, 1.807) is 166 Å². The van der Waals surface area contributed by atoms with E-state index in [4.69, 9.17) is 41.8 Å². The zero-order chi connectivity index (χ0) is 89.6. The van der Waals surface area contributed by atoms with Crippen LogP contribution in [0.15, 0.2) is 127 Å². The summed E-state index contributed by atoms with van der Waals surface area (Å²) in [5.41, 5.74) is 2.62. The van der Waals surface area contributed by atoms with Gasteiger partial charge in [-0.1, -0.05) is 128 Å². The van der Waals surface area contributed by atoms with E-state index in [0.717, 1.165) is 48.6 Å². The highest BCUT2D eigenvalue weighted by molar-refractivity contribution is 6.08. The largest absolute Gasteiger partial charge is 0.496 e. The number of methoxy groups -OCH3 is 4. The zero-order valence-corrected chi connectivity index (χ0v) is 74.1. The Bertz CT molecular complexity index is 4320. The molecule has 648 valence electrons. The van der Waals surface area contributed by atoms with Crippen LogP contribution in [0.25, 0.3) is 0 Å². The van der Waals surface area contributed by atoms with Crippen LogP contribution in [0.5, 0.6) is 28.7 Å². The number of carboxylic acid groups (broad SMARTS) is 1. The molecule has 4 aromatic heterocycles. The van der Waals surface area contributed by atoms with Gasteiger partial charge in [0.05, 0.1) is 39.8 Å². The second-order valence-electron chi connectivity index (χ2n) is 32.3. The molecule has 34 nitrogen and oxygen atoms in total. The van der Waals surface area contributed by atoms with Crippen molar-refractivity contribution in [3.63, 3.8) is 0 Å². The number of nitrogens with zero attached hydrogens (tertiary/aromatic N) is 9. The minimum Gasteiger partial charge on any atom is -0.496 e. The summed E-state index contributed by atoms with van der Waals surface area (Å²) in [4.78, 5) is 101. The average Bonchev–Trinajstić information content (AvgIpc) is 1.01. The Kier molecular flexibility index (Phi) is 37.6. The molecule has 0 unspecified atom stereocenters. The van der Waals surface area contributed by atoms with Crippen molar-refractivity contribution in [2.24, 2.45) is 0 Å². The first-order valence-corrected chi connectivity index (χ1v) is 38.0. The van der Waals surface area contributed by atoms with Crippen molar-refractivity contribution in [1.29, 1.82) is 0 Å². The molecule has 8 aromatic rings. The number of hydrogen-bond donors (Lipinski definition) is 8. The molecule has 0 aliphatic heterocycles. The van der Waals surface area contributed by atoms with Gasteiger partial charge in [-0.2, -0.15) is 0 Å². The molecule has 4 aromatic carbocycles. The quantitative estimate of drug-likeness (QED) is 0.0351. The number of carbonyl (C=O) groups is 8. The normalized spacial score (nSPS) is 11.1. The predicted molar refractivity (Wildman–Crippen MR) is 457 cm³/mol. The van der Waals surface area contributed by atoms with Crippen LogP contribution in [-0.2, 0) is 21.7 Å². The molecule has 8 rings (SSSR count). The molecule has 4 heterocycles. The molecular formula is C84H124N16O18. The number of anilines is 7. The summed E-state index contributed by atoms with van der Waals surface area (Å²) in [6.45, 7) is 35.8. The van der Waals surface area contributed by atoms with Gasteiger partial charge in [-0.15, -0.1) is 0 Å². The van der Waals surface area contributed by atoms with Crippen molar-refractivity contribution < 1.29 is 85.2 Å². The summed E-state index contributed by atoms with van der Waals surface area (Å²) in [6, 6.07) is 29.8. The fourth-order valence-electron chi connectivity index (χ4n) is 9.83. The van der Waals surface area contributed by atoms with Crippen molar-refractivity contribution in [3.8, 4) is 28.7 Å². The van der Waals surface area contributed by atoms with Crippen molar-refractivity contribution in [2.45, 2.75) is 183 Å². The standard InChI is InChI=1S/2C18H24N2O4.2C14H21N3O3.2C10H17N3O2/c2*1-6-18(3,7-2)14-11-15(24-20-14)19-17(21)16-12(22-4)9-8-10-13(16)23-5;1-14(2,3)16-13(19)20-11-8-6-7-10(9-11)15-12(18)17(4)5;1-14(2,3)17(13(19)20)11-8-6-7-10(9-11)15-12(18)16(4)5;2*1-10(2,3)7-6-8(12-15-7)11-9(14)13(4)5/h2*8-11H,6-7H2,1-5H3,(H,19,21);6-9H,1-5H3,(H,15,18)(H,16,19);6-9H,1-5H3,(H,15,18)(H,19,20);2*6H,1-5H3,(H,11,12,14). The molecule has 0 saturated carbocycles. The average molecular weight is 1650 g/mol. The molecular weight excluding hydrogens is 1520 g/mol. The summed E-state index contributed by atoms with van der Waals surface area (Å²) in [5, 5.41) is 43.9. The molecule has 12 amide bonds. The number of hydrogen-bond acceptors (Lipinski definition) is 21. The van der Waals surface area contributed by atoms with Crippen LogP contribution < -0.4 is 65.8 Å². The molecule has 0 saturated heterocycles. The lowest BCUT2D eigenvalue weighted by Gasteiger charge is -2.33. The SMILES string of the molecule is CCC(C)(CC)c1cc(NC(=O)c2c(OC)cccc2OC)on1.CCC(C)(CC)c1cc(NC(=O)c2c(OC)cccc2OC)on1.CN(C)C(=O)Nc1cc(C(C)(C)C)on1.CN(C)C(=O)Nc1cc(C(C)(C)C)on1.CN(C)C(=O)Nc1cccc(N(C(=O)O)C(C)(C)C)c1.CN(C)C(=O)Nc1cccc(OC(=O)NC(C)(C)C)c1. The molecule has 0 fully saturated rings. The van der Waals surface area contributed by atoms with Crippen molar-refractivity contribution >= 4 is 88.6 Å². The Morgan fingerprint density at radius 1 is 0.407 bits per heavy atom. The minimum atomic E-state index is -1.03. The Hall–Kier alpha value is -12.5. The van der Waals surface area contributed by atoms with Crippen LogP contribution in [0.3, 0.4) is 0 Å². The van der Waals surface area contributed by atoms with E-state index in [2.05, 4.69) is 99.4 Å².